The van der Waals surface area contributed by atoms with Crippen molar-refractivity contribution in [1.82, 2.24) is 0 Å². The fourth-order valence-electron chi connectivity index (χ4n) is 5.35. The number of esters is 3. The van der Waals surface area contributed by atoms with Crippen LogP contribution >= 0.6 is 0 Å². The lowest BCUT2D eigenvalue weighted by molar-refractivity contribution is -0.167. The smallest absolute Gasteiger partial charge is 0.306 e. The highest BCUT2D eigenvalue weighted by molar-refractivity contribution is 5.71. The SMILES string of the molecule is CC/C=C\C/C=C\C/C=C\CCCCCC(=O)OCC(COC(=O)CCCCCCCCCC)OC(=O)CCCCC/C=C\C/C=C\C/C=C\CC. The van der Waals surface area contributed by atoms with E-state index in [1.807, 2.05) is 0 Å². The van der Waals surface area contributed by atoms with Gasteiger partial charge in [0.2, 0.25) is 0 Å². The topological polar surface area (TPSA) is 78.9 Å². The van der Waals surface area contributed by atoms with Crippen molar-refractivity contribution in [2.75, 3.05) is 13.2 Å². The molecule has 52 heavy (non-hydrogen) atoms. The molecular formula is C46H76O6. The first-order valence-electron chi connectivity index (χ1n) is 20.9. The summed E-state index contributed by atoms with van der Waals surface area (Å²) in [6, 6.07) is 0. The van der Waals surface area contributed by atoms with Crippen LogP contribution in [0.3, 0.4) is 0 Å². The van der Waals surface area contributed by atoms with Crippen molar-refractivity contribution in [2.45, 2.75) is 187 Å². The van der Waals surface area contributed by atoms with Crippen molar-refractivity contribution < 1.29 is 28.6 Å². The molecular weight excluding hydrogens is 648 g/mol. The summed E-state index contributed by atoms with van der Waals surface area (Å²) >= 11 is 0. The molecule has 0 heterocycles. The molecule has 0 rings (SSSR count). The van der Waals surface area contributed by atoms with Crippen molar-refractivity contribution in [3.05, 3.63) is 72.9 Å². The molecule has 6 nitrogen and oxygen atoms in total. The fourth-order valence-corrected chi connectivity index (χ4v) is 5.35. The largest absolute Gasteiger partial charge is 0.462 e. The number of ether oxygens (including phenoxy) is 3. The van der Waals surface area contributed by atoms with Crippen LogP contribution in [0, 0.1) is 0 Å². The first-order chi connectivity index (χ1) is 25.5. The van der Waals surface area contributed by atoms with Crippen LogP contribution < -0.4 is 0 Å². The van der Waals surface area contributed by atoms with E-state index in [0.29, 0.717) is 12.8 Å². The Balaban J connectivity index is 4.47. The first kappa shape index (κ1) is 48.9. The summed E-state index contributed by atoms with van der Waals surface area (Å²) < 4.78 is 16.6. The molecule has 1 atom stereocenters. The predicted molar refractivity (Wildman–Crippen MR) is 219 cm³/mol. The van der Waals surface area contributed by atoms with Crippen LogP contribution in [0.5, 0.6) is 0 Å². The summed E-state index contributed by atoms with van der Waals surface area (Å²) in [6.45, 7) is 6.29. The molecule has 0 spiro atoms. The van der Waals surface area contributed by atoms with Crippen molar-refractivity contribution in [3.63, 3.8) is 0 Å². The maximum atomic E-state index is 12.6. The van der Waals surface area contributed by atoms with E-state index in [4.69, 9.17) is 14.2 Å². The standard InChI is InChI=1S/C46H76O6/c1-4-7-10-13-16-19-21-23-25-27-30-33-36-39-45(48)51-42-43(41-50-44(47)38-35-32-29-18-15-12-9-6-3)52-46(49)40-37-34-31-28-26-24-22-20-17-14-11-8-5-2/h7-8,10-11,16-17,19-20,23-26,43H,4-6,9,12-15,18,21-22,27-42H2,1-3H3/b10-7-,11-8-,19-16-,20-17-,25-23-,26-24-. The predicted octanol–water partition coefficient (Wildman–Crippen LogP) is 13.1. The highest BCUT2D eigenvalue weighted by atomic mass is 16.6. The Morgan fingerprint density at radius 1 is 0.404 bits per heavy atom. The molecule has 0 N–H and O–H groups in total. The maximum Gasteiger partial charge on any atom is 0.306 e. The third-order valence-corrected chi connectivity index (χ3v) is 8.46. The second-order valence-electron chi connectivity index (χ2n) is 13.5. The van der Waals surface area contributed by atoms with Crippen molar-refractivity contribution in [1.29, 1.82) is 0 Å². The Morgan fingerprint density at radius 3 is 1.17 bits per heavy atom. The van der Waals surface area contributed by atoms with Crippen LogP contribution in [0.15, 0.2) is 72.9 Å². The molecule has 0 aliphatic heterocycles. The molecule has 6 heteroatoms. The second-order valence-corrected chi connectivity index (χ2v) is 13.5. The van der Waals surface area contributed by atoms with Gasteiger partial charge in [0.05, 0.1) is 0 Å². The van der Waals surface area contributed by atoms with Crippen LogP contribution in [0.25, 0.3) is 0 Å². The Hall–Kier alpha value is -3.15. The number of carbonyl (C=O) groups excluding carboxylic acids is 3. The van der Waals surface area contributed by atoms with E-state index in [2.05, 4.69) is 93.7 Å². The van der Waals surface area contributed by atoms with E-state index in [1.54, 1.807) is 0 Å². The monoisotopic (exact) mass is 725 g/mol. The van der Waals surface area contributed by atoms with E-state index in [0.717, 1.165) is 109 Å². The lowest BCUT2D eigenvalue weighted by atomic mass is 10.1. The minimum absolute atomic E-state index is 0.0973. The molecule has 0 bridgehead atoms. The molecule has 0 saturated carbocycles. The molecule has 0 saturated heterocycles. The number of allylic oxidation sites excluding steroid dienone is 12. The average Bonchev–Trinajstić information content (AvgIpc) is 3.14. The molecule has 0 aromatic heterocycles. The fraction of sp³-hybridized carbons (Fsp3) is 0.674. The van der Waals surface area contributed by atoms with Gasteiger partial charge in [0.25, 0.3) is 0 Å². The van der Waals surface area contributed by atoms with Gasteiger partial charge in [-0.2, -0.15) is 0 Å². The molecule has 0 aromatic rings. The zero-order chi connectivity index (χ0) is 38.0. The normalized spacial score (nSPS) is 12.8. The Kier molecular flexibility index (Phi) is 38.2. The maximum absolute atomic E-state index is 12.6. The van der Waals surface area contributed by atoms with Crippen LogP contribution in [0.2, 0.25) is 0 Å². The minimum Gasteiger partial charge on any atom is -0.462 e. The highest BCUT2D eigenvalue weighted by Crippen LogP contribution is 2.12. The van der Waals surface area contributed by atoms with Gasteiger partial charge in [-0.25, -0.2) is 0 Å². The van der Waals surface area contributed by atoms with Gasteiger partial charge in [-0.3, -0.25) is 14.4 Å². The summed E-state index contributed by atoms with van der Waals surface area (Å²) in [7, 11) is 0. The van der Waals surface area contributed by atoms with Gasteiger partial charge in [0.15, 0.2) is 6.10 Å². The number of unbranched alkanes of at least 4 members (excludes halogenated alkanes) is 13. The summed E-state index contributed by atoms with van der Waals surface area (Å²) in [5.41, 5.74) is 0. The number of hydrogen-bond donors (Lipinski definition) is 0. The third kappa shape index (κ3) is 38.1. The summed E-state index contributed by atoms with van der Waals surface area (Å²) in [6.07, 6.45) is 48.9. The summed E-state index contributed by atoms with van der Waals surface area (Å²) in [5.74, 6) is -0.972. The van der Waals surface area contributed by atoms with Gasteiger partial charge < -0.3 is 14.2 Å². The highest BCUT2D eigenvalue weighted by Gasteiger charge is 2.19. The number of hydrogen-bond acceptors (Lipinski definition) is 6. The van der Waals surface area contributed by atoms with Gasteiger partial charge in [0, 0.05) is 19.3 Å². The van der Waals surface area contributed by atoms with E-state index < -0.39 is 6.10 Å². The molecule has 0 aliphatic carbocycles. The molecule has 0 aromatic carbocycles. The van der Waals surface area contributed by atoms with E-state index in [1.165, 1.54) is 32.1 Å². The van der Waals surface area contributed by atoms with E-state index in [9.17, 15) is 14.4 Å². The average molecular weight is 725 g/mol. The van der Waals surface area contributed by atoms with Crippen molar-refractivity contribution in [2.24, 2.45) is 0 Å². The van der Waals surface area contributed by atoms with Crippen LogP contribution in [0.4, 0.5) is 0 Å². The van der Waals surface area contributed by atoms with Crippen LogP contribution in [-0.4, -0.2) is 37.2 Å². The van der Waals surface area contributed by atoms with E-state index >= 15 is 0 Å². The molecule has 296 valence electrons. The van der Waals surface area contributed by atoms with Crippen molar-refractivity contribution >= 4 is 17.9 Å². The zero-order valence-corrected chi connectivity index (χ0v) is 33.5. The van der Waals surface area contributed by atoms with Crippen molar-refractivity contribution in [3.8, 4) is 0 Å². The Morgan fingerprint density at radius 2 is 0.750 bits per heavy atom. The van der Waals surface area contributed by atoms with Gasteiger partial charge in [0.1, 0.15) is 13.2 Å². The number of carbonyl (C=O) groups is 3. The molecule has 0 aliphatic rings. The quantitative estimate of drug-likeness (QED) is 0.0277. The molecule has 0 amide bonds. The van der Waals surface area contributed by atoms with Crippen LogP contribution in [-0.2, 0) is 28.6 Å². The van der Waals surface area contributed by atoms with Gasteiger partial charge in [-0.15, -0.1) is 0 Å². The third-order valence-electron chi connectivity index (χ3n) is 8.46. The lowest BCUT2D eigenvalue weighted by Gasteiger charge is -2.18. The molecule has 0 radical (unpaired) electrons. The Labute approximate surface area is 319 Å². The summed E-state index contributed by atoms with van der Waals surface area (Å²) in [5, 5.41) is 0. The first-order valence-corrected chi connectivity index (χ1v) is 20.9. The zero-order valence-electron chi connectivity index (χ0n) is 33.5. The van der Waals surface area contributed by atoms with Gasteiger partial charge in [-0.05, 0) is 83.5 Å². The number of rotatable bonds is 36. The van der Waals surface area contributed by atoms with E-state index in [-0.39, 0.29) is 37.5 Å². The lowest BCUT2D eigenvalue weighted by Crippen LogP contribution is -2.30. The molecule has 0 fully saturated rings. The summed E-state index contributed by atoms with van der Waals surface area (Å²) in [4.78, 5) is 37.5. The van der Waals surface area contributed by atoms with Gasteiger partial charge >= 0.3 is 17.9 Å². The second kappa shape index (κ2) is 40.6. The van der Waals surface area contributed by atoms with Gasteiger partial charge in [-0.1, -0.05) is 151 Å². The Bertz CT molecular complexity index is 1020. The van der Waals surface area contributed by atoms with Crippen LogP contribution in [0.1, 0.15) is 181 Å². The molecule has 1 unspecified atom stereocenters. The minimum atomic E-state index is -0.797.